The van der Waals surface area contributed by atoms with Crippen LogP contribution in [0.3, 0.4) is 0 Å². The molecule has 1 aliphatic heterocycles. The first-order chi connectivity index (χ1) is 8.29. The number of rotatable bonds is 5. The fraction of sp³-hybridized carbons (Fsp3) is 0.818. The molecule has 1 saturated heterocycles. The Labute approximate surface area is 102 Å². The summed E-state index contributed by atoms with van der Waals surface area (Å²) in [5.74, 6) is 1.77. The number of H-pyrrole nitrogens is 1. The van der Waals surface area contributed by atoms with Gasteiger partial charge < -0.3 is 15.0 Å². The molecule has 1 aromatic heterocycles. The first-order valence-corrected chi connectivity index (χ1v) is 6.18. The minimum Gasteiger partial charge on any atom is -0.385 e. The molecular weight excluding hydrogens is 218 g/mol. The number of aromatic nitrogens is 3. The average Bonchev–Trinajstić information content (AvgIpc) is 2.78. The summed E-state index contributed by atoms with van der Waals surface area (Å²) in [6, 6.07) is 0.499. The number of anilines is 1. The highest BCUT2D eigenvalue weighted by atomic mass is 16.5. The van der Waals surface area contributed by atoms with E-state index in [2.05, 4.69) is 32.3 Å². The number of methoxy groups -OCH3 is 1. The maximum atomic E-state index is 5.02. The molecule has 1 unspecified atom stereocenters. The van der Waals surface area contributed by atoms with Gasteiger partial charge in [-0.15, -0.1) is 5.10 Å². The molecule has 0 saturated carbocycles. The van der Waals surface area contributed by atoms with Crippen molar-refractivity contribution >= 4 is 5.95 Å². The molecule has 1 aliphatic rings. The van der Waals surface area contributed by atoms with Crippen molar-refractivity contribution < 1.29 is 4.74 Å². The van der Waals surface area contributed by atoms with E-state index in [0.717, 1.165) is 50.9 Å². The van der Waals surface area contributed by atoms with E-state index in [1.54, 1.807) is 7.11 Å². The molecule has 2 rings (SSSR count). The van der Waals surface area contributed by atoms with Gasteiger partial charge in [0.2, 0.25) is 5.95 Å². The second kappa shape index (κ2) is 5.97. The standard InChI is InChI=1S/C11H21N5O/c1-9-8-16(6-5-12-9)11-13-10(14-15-11)4-3-7-17-2/h9,12H,3-8H2,1-2H3,(H,13,14,15). The summed E-state index contributed by atoms with van der Waals surface area (Å²) < 4.78 is 5.02. The average molecular weight is 239 g/mol. The zero-order chi connectivity index (χ0) is 12.1. The van der Waals surface area contributed by atoms with Gasteiger partial charge in [0.1, 0.15) is 5.82 Å². The largest absolute Gasteiger partial charge is 0.385 e. The molecule has 2 heterocycles. The predicted octanol–water partition coefficient (Wildman–Crippen LogP) is 0.182. The lowest BCUT2D eigenvalue weighted by Gasteiger charge is -2.30. The summed E-state index contributed by atoms with van der Waals surface area (Å²) >= 11 is 0. The van der Waals surface area contributed by atoms with Crippen molar-refractivity contribution in [1.82, 2.24) is 20.5 Å². The smallest absolute Gasteiger partial charge is 0.244 e. The molecular formula is C11H21N5O. The highest BCUT2D eigenvalue weighted by Gasteiger charge is 2.18. The normalized spacial score (nSPS) is 20.8. The van der Waals surface area contributed by atoms with Gasteiger partial charge in [0.25, 0.3) is 0 Å². The van der Waals surface area contributed by atoms with Gasteiger partial charge in [-0.3, -0.25) is 5.10 Å². The van der Waals surface area contributed by atoms with Crippen LogP contribution >= 0.6 is 0 Å². The van der Waals surface area contributed by atoms with Crippen molar-refractivity contribution in [1.29, 1.82) is 0 Å². The van der Waals surface area contributed by atoms with Gasteiger partial charge in [0, 0.05) is 45.8 Å². The SMILES string of the molecule is COCCCc1nc(N2CCNC(C)C2)n[nH]1. The van der Waals surface area contributed by atoms with Gasteiger partial charge >= 0.3 is 0 Å². The van der Waals surface area contributed by atoms with Crippen LogP contribution in [0, 0.1) is 0 Å². The first-order valence-electron chi connectivity index (χ1n) is 6.18. The monoisotopic (exact) mass is 239 g/mol. The maximum Gasteiger partial charge on any atom is 0.244 e. The number of piperazine rings is 1. The minimum absolute atomic E-state index is 0.499. The lowest BCUT2D eigenvalue weighted by Crippen LogP contribution is -2.49. The van der Waals surface area contributed by atoms with E-state index in [1.807, 2.05) is 0 Å². The van der Waals surface area contributed by atoms with Gasteiger partial charge in [0.05, 0.1) is 0 Å². The summed E-state index contributed by atoms with van der Waals surface area (Å²) in [4.78, 5) is 6.74. The molecule has 0 spiro atoms. The van der Waals surface area contributed by atoms with E-state index in [4.69, 9.17) is 4.74 Å². The molecule has 0 bridgehead atoms. The van der Waals surface area contributed by atoms with Gasteiger partial charge in [-0.05, 0) is 13.3 Å². The molecule has 1 atom stereocenters. The Bertz CT molecular complexity index is 340. The van der Waals surface area contributed by atoms with Gasteiger partial charge in [-0.25, -0.2) is 0 Å². The van der Waals surface area contributed by atoms with Crippen molar-refractivity contribution in [2.75, 3.05) is 38.3 Å². The summed E-state index contributed by atoms with van der Waals surface area (Å²) in [6.07, 6.45) is 1.87. The van der Waals surface area contributed by atoms with Crippen LogP contribution < -0.4 is 10.2 Å². The van der Waals surface area contributed by atoms with Crippen molar-refractivity contribution in [3.8, 4) is 0 Å². The van der Waals surface area contributed by atoms with Gasteiger partial charge in [0.15, 0.2) is 0 Å². The predicted molar refractivity (Wildman–Crippen MR) is 66.3 cm³/mol. The summed E-state index contributed by atoms with van der Waals surface area (Å²) in [5.41, 5.74) is 0. The van der Waals surface area contributed by atoms with E-state index < -0.39 is 0 Å². The van der Waals surface area contributed by atoms with Crippen LogP contribution in [0.1, 0.15) is 19.2 Å². The Kier molecular flexibility index (Phi) is 4.33. The molecule has 6 heteroatoms. The van der Waals surface area contributed by atoms with Crippen molar-refractivity contribution in [3.63, 3.8) is 0 Å². The van der Waals surface area contributed by atoms with Crippen molar-refractivity contribution in [2.24, 2.45) is 0 Å². The van der Waals surface area contributed by atoms with Crippen molar-refractivity contribution in [3.05, 3.63) is 5.82 Å². The fourth-order valence-corrected chi connectivity index (χ4v) is 2.04. The lowest BCUT2D eigenvalue weighted by atomic mass is 10.2. The van der Waals surface area contributed by atoms with Crippen LogP contribution in [0.25, 0.3) is 0 Å². The summed E-state index contributed by atoms with van der Waals surface area (Å²) in [6.45, 7) is 5.88. The molecule has 1 aromatic rings. The Hall–Kier alpha value is -1.14. The van der Waals surface area contributed by atoms with Crippen LogP contribution in [0.5, 0.6) is 0 Å². The van der Waals surface area contributed by atoms with Gasteiger partial charge in [-0.2, -0.15) is 4.98 Å². The number of aryl methyl sites for hydroxylation is 1. The third-order valence-corrected chi connectivity index (χ3v) is 2.93. The number of nitrogens with zero attached hydrogens (tertiary/aromatic N) is 3. The Balaban J connectivity index is 1.88. The molecule has 6 nitrogen and oxygen atoms in total. The quantitative estimate of drug-likeness (QED) is 0.718. The van der Waals surface area contributed by atoms with E-state index in [-0.39, 0.29) is 0 Å². The van der Waals surface area contributed by atoms with Crippen LogP contribution in [-0.2, 0) is 11.2 Å². The van der Waals surface area contributed by atoms with E-state index in [9.17, 15) is 0 Å². The topological polar surface area (TPSA) is 66.1 Å². The van der Waals surface area contributed by atoms with Crippen LogP contribution in [0.2, 0.25) is 0 Å². The molecule has 2 N–H and O–H groups in total. The summed E-state index contributed by atoms with van der Waals surface area (Å²) in [5, 5.41) is 10.7. The lowest BCUT2D eigenvalue weighted by molar-refractivity contribution is 0.194. The van der Waals surface area contributed by atoms with Gasteiger partial charge in [-0.1, -0.05) is 0 Å². The van der Waals surface area contributed by atoms with Crippen molar-refractivity contribution in [2.45, 2.75) is 25.8 Å². The third kappa shape index (κ3) is 3.41. The molecule has 0 amide bonds. The minimum atomic E-state index is 0.499. The number of nitrogens with one attached hydrogen (secondary N) is 2. The fourth-order valence-electron chi connectivity index (χ4n) is 2.04. The van der Waals surface area contributed by atoms with E-state index >= 15 is 0 Å². The molecule has 0 radical (unpaired) electrons. The van der Waals surface area contributed by atoms with E-state index in [1.165, 1.54) is 0 Å². The number of ether oxygens (including phenoxy) is 1. The zero-order valence-corrected chi connectivity index (χ0v) is 10.6. The molecule has 0 aliphatic carbocycles. The number of aromatic amines is 1. The Morgan fingerprint density at radius 2 is 2.41 bits per heavy atom. The molecule has 1 fully saturated rings. The maximum absolute atomic E-state index is 5.02. The molecule has 0 aromatic carbocycles. The highest BCUT2D eigenvalue weighted by Crippen LogP contribution is 2.10. The zero-order valence-electron chi connectivity index (χ0n) is 10.6. The second-order valence-electron chi connectivity index (χ2n) is 4.48. The molecule has 17 heavy (non-hydrogen) atoms. The van der Waals surface area contributed by atoms with Crippen LogP contribution in [0.15, 0.2) is 0 Å². The first kappa shape index (κ1) is 12.3. The number of hydrogen-bond donors (Lipinski definition) is 2. The summed E-state index contributed by atoms with van der Waals surface area (Å²) in [7, 11) is 1.72. The van der Waals surface area contributed by atoms with E-state index in [0.29, 0.717) is 6.04 Å². The van der Waals surface area contributed by atoms with Crippen LogP contribution in [0.4, 0.5) is 5.95 Å². The Morgan fingerprint density at radius 1 is 1.53 bits per heavy atom. The number of hydrogen-bond acceptors (Lipinski definition) is 5. The Morgan fingerprint density at radius 3 is 3.18 bits per heavy atom. The molecule has 96 valence electrons. The third-order valence-electron chi connectivity index (χ3n) is 2.93. The second-order valence-corrected chi connectivity index (χ2v) is 4.48. The highest BCUT2D eigenvalue weighted by molar-refractivity contribution is 5.30. The van der Waals surface area contributed by atoms with Crippen LogP contribution in [-0.4, -0.2) is 54.6 Å².